The fourth-order valence-corrected chi connectivity index (χ4v) is 3.17. The average Bonchev–Trinajstić information content (AvgIpc) is 2.86. The van der Waals surface area contributed by atoms with Gasteiger partial charge in [0.1, 0.15) is 0 Å². The number of rotatable bonds is 6. The molecule has 1 N–H and O–H groups in total. The van der Waals surface area contributed by atoms with Crippen molar-refractivity contribution < 1.29 is 14.3 Å². The molecule has 0 saturated heterocycles. The monoisotopic (exact) mass is 353 g/mol. The molecule has 26 heavy (non-hydrogen) atoms. The number of hydrogen-bond acceptors (Lipinski definition) is 3. The van der Waals surface area contributed by atoms with Crippen LogP contribution in [0.3, 0.4) is 0 Å². The van der Waals surface area contributed by atoms with Crippen molar-refractivity contribution in [3.63, 3.8) is 0 Å². The smallest absolute Gasteiger partial charge is 0.220 e. The number of ether oxygens (including phenoxy) is 2. The summed E-state index contributed by atoms with van der Waals surface area (Å²) in [6.45, 7) is 6.25. The third-order valence-electron chi connectivity index (χ3n) is 4.67. The Morgan fingerprint density at radius 3 is 2.62 bits per heavy atom. The molecule has 0 atom stereocenters. The Morgan fingerprint density at radius 1 is 1.00 bits per heavy atom. The van der Waals surface area contributed by atoms with Crippen LogP contribution in [0.25, 0.3) is 0 Å². The SMILES string of the molecule is Cc1ccc(CCNC(=O)CCc2ccc3c(c2)OCCCO3)c(C)c1. The summed E-state index contributed by atoms with van der Waals surface area (Å²) in [5.74, 6) is 1.67. The van der Waals surface area contributed by atoms with Gasteiger partial charge in [0.2, 0.25) is 5.91 Å². The molecule has 0 radical (unpaired) electrons. The molecular weight excluding hydrogens is 326 g/mol. The maximum Gasteiger partial charge on any atom is 0.220 e. The van der Waals surface area contributed by atoms with E-state index in [-0.39, 0.29) is 5.91 Å². The quantitative estimate of drug-likeness (QED) is 0.860. The largest absolute Gasteiger partial charge is 0.490 e. The minimum Gasteiger partial charge on any atom is -0.490 e. The maximum atomic E-state index is 12.1. The Bertz CT molecular complexity index is 770. The van der Waals surface area contributed by atoms with Crippen molar-refractivity contribution in [3.05, 3.63) is 58.7 Å². The standard InChI is InChI=1S/C22H27NO3/c1-16-4-7-19(17(2)14-16)10-11-23-22(24)9-6-18-5-8-20-21(15-18)26-13-3-12-25-20/h4-5,7-8,14-15H,3,6,9-13H2,1-2H3,(H,23,24). The second-order valence-corrected chi connectivity index (χ2v) is 6.86. The molecule has 138 valence electrons. The van der Waals surface area contributed by atoms with Gasteiger partial charge in [-0.3, -0.25) is 4.79 Å². The lowest BCUT2D eigenvalue weighted by Crippen LogP contribution is -2.26. The highest BCUT2D eigenvalue weighted by Crippen LogP contribution is 2.30. The van der Waals surface area contributed by atoms with Crippen LogP contribution in [0.1, 0.15) is 35.1 Å². The van der Waals surface area contributed by atoms with Crippen LogP contribution >= 0.6 is 0 Å². The van der Waals surface area contributed by atoms with Crippen LogP contribution in [0.15, 0.2) is 36.4 Å². The van der Waals surface area contributed by atoms with E-state index in [0.29, 0.717) is 32.6 Å². The molecule has 0 unspecified atom stereocenters. The number of carbonyl (C=O) groups excluding carboxylic acids is 1. The molecule has 2 aromatic carbocycles. The summed E-state index contributed by atoms with van der Waals surface area (Å²) in [4.78, 5) is 12.1. The van der Waals surface area contributed by atoms with Crippen molar-refractivity contribution in [2.24, 2.45) is 0 Å². The van der Waals surface area contributed by atoms with Crippen molar-refractivity contribution in [1.29, 1.82) is 0 Å². The van der Waals surface area contributed by atoms with Crippen molar-refractivity contribution in [1.82, 2.24) is 5.32 Å². The molecule has 0 spiro atoms. The van der Waals surface area contributed by atoms with E-state index in [1.807, 2.05) is 18.2 Å². The summed E-state index contributed by atoms with van der Waals surface area (Å²) in [7, 11) is 0. The second kappa shape index (κ2) is 8.75. The molecule has 1 amide bonds. The lowest BCUT2D eigenvalue weighted by atomic mass is 10.0. The minimum absolute atomic E-state index is 0.0851. The average molecular weight is 353 g/mol. The van der Waals surface area contributed by atoms with Gasteiger partial charge in [-0.25, -0.2) is 0 Å². The Hall–Kier alpha value is -2.49. The summed E-state index contributed by atoms with van der Waals surface area (Å²) in [6.07, 6.45) is 2.94. The van der Waals surface area contributed by atoms with Crippen LogP contribution in [0.5, 0.6) is 11.5 Å². The number of benzene rings is 2. The van der Waals surface area contributed by atoms with Crippen molar-refractivity contribution >= 4 is 5.91 Å². The first-order chi connectivity index (χ1) is 12.6. The fourth-order valence-electron chi connectivity index (χ4n) is 3.17. The number of carbonyl (C=O) groups is 1. The predicted molar refractivity (Wildman–Crippen MR) is 103 cm³/mol. The predicted octanol–water partition coefficient (Wildman–Crippen LogP) is 3.76. The van der Waals surface area contributed by atoms with Crippen molar-refractivity contribution in [3.8, 4) is 11.5 Å². The minimum atomic E-state index is 0.0851. The van der Waals surface area contributed by atoms with E-state index in [1.54, 1.807) is 0 Å². The van der Waals surface area contributed by atoms with E-state index in [1.165, 1.54) is 16.7 Å². The highest BCUT2D eigenvalue weighted by Gasteiger charge is 2.11. The Balaban J connectivity index is 1.44. The first-order valence-corrected chi connectivity index (χ1v) is 9.33. The third-order valence-corrected chi connectivity index (χ3v) is 4.67. The van der Waals surface area contributed by atoms with E-state index in [2.05, 4.69) is 37.4 Å². The van der Waals surface area contributed by atoms with E-state index in [0.717, 1.165) is 29.9 Å². The van der Waals surface area contributed by atoms with Gasteiger partial charge in [0, 0.05) is 19.4 Å². The summed E-state index contributed by atoms with van der Waals surface area (Å²) in [6, 6.07) is 12.4. The molecule has 3 rings (SSSR count). The van der Waals surface area contributed by atoms with Crippen LogP contribution in [0, 0.1) is 13.8 Å². The van der Waals surface area contributed by atoms with Crippen LogP contribution < -0.4 is 14.8 Å². The zero-order valence-electron chi connectivity index (χ0n) is 15.6. The number of amides is 1. The van der Waals surface area contributed by atoms with Gasteiger partial charge in [-0.15, -0.1) is 0 Å². The van der Waals surface area contributed by atoms with Gasteiger partial charge in [0.25, 0.3) is 0 Å². The lowest BCUT2D eigenvalue weighted by molar-refractivity contribution is -0.121. The number of nitrogens with one attached hydrogen (secondary N) is 1. The van der Waals surface area contributed by atoms with E-state index in [9.17, 15) is 4.79 Å². The van der Waals surface area contributed by atoms with E-state index < -0.39 is 0 Å². The van der Waals surface area contributed by atoms with Gasteiger partial charge < -0.3 is 14.8 Å². The Kier molecular flexibility index (Phi) is 6.16. The molecule has 4 nitrogen and oxygen atoms in total. The number of aryl methyl sites for hydroxylation is 3. The molecule has 1 heterocycles. The van der Waals surface area contributed by atoms with Gasteiger partial charge in [-0.2, -0.15) is 0 Å². The summed E-state index contributed by atoms with van der Waals surface area (Å²) < 4.78 is 11.3. The van der Waals surface area contributed by atoms with Crippen LogP contribution in [0.4, 0.5) is 0 Å². The molecule has 2 aromatic rings. The highest BCUT2D eigenvalue weighted by atomic mass is 16.5. The van der Waals surface area contributed by atoms with Crippen LogP contribution in [0.2, 0.25) is 0 Å². The normalized spacial score (nSPS) is 13.2. The van der Waals surface area contributed by atoms with Gasteiger partial charge in [0.05, 0.1) is 13.2 Å². The summed E-state index contributed by atoms with van der Waals surface area (Å²) in [5, 5.41) is 3.02. The second-order valence-electron chi connectivity index (χ2n) is 6.86. The molecule has 0 aliphatic carbocycles. The van der Waals surface area contributed by atoms with Crippen molar-refractivity contribution in [2.45, 2.75) is 39.5 Å². The number of hydrogen-bond donors (Lipinski definition) is 1. The van der Waals surface area contributed by atoms with Crippen LogP contribution in [-0.2, 0) is 17.6 Å². The number of fused-ring (bicyclic) bond motifs is 1. The highest BCUT2D eigenvalue weighted by molar-refractivity contribution is 5.76. The zero-order chi connectivity index (χ0) is 18.4. The van der Waals surface area contributed by atoms with E-state index >= 15 is 0 Å². The molecule has 0 fully saturated rings. The topological polar surface area (TPSA) is 47.6 Å². The summed E-state index contributed by atoms with van der Waals surface area (Å²) >= 11 is 0. The van der Waals surface area contributed by atoms with Gasteiger partial charge in [-0.05, 0) is 55.5 Å². The van der Waals surface area contributed by atoms with E-state index in [4.69, 9.17) is 9.47 Å². The molecular formula is C22H27NO3. The molecule has 0 saturated carbocycles. The fraction of sp³-hybridized carbons (Fsp3) is 0.409. The zero-order valence-corrected chi connectivity index (χ0v) is 15.6. The van der Waals surface area contributed by atoms with Crippen molar-refractivity contribution in [2.75, 3.05) is 19.8 Å². The van der Waals surface area contributed by atoms with Gasteiger partial charge in [0.15, 0.2) is 11.5 Å². The Morgan fingerprint density at radius 2 is 1.81 bits per heavy atom. The molecule has 1 aliphatic heterocycles. The first kappa shape index (κ1) is 18.3. The van der Waals surface area contributed by atoms with Crippen LogP contribution in [-0.4, -0.2) is 25.7 Å². The Labute approximate surface area is 155 Å². The van der Waals surface area contributed by atoms with Gasteiger partial charge in [-0.1, -0.05) is 29.8 Å². The van der Waals surface area contributed by atoms with Gasteiger partial charge >= 0.3 is 0 Å². The molecule has 1 aliphatic rings. The molecule has 4 heteroatoms. The third kappa shape index (κ3) is 5.01. The molecule has 0 bridgehead atoms. The first-order valence-electron chi connectivity index (χ1n) is 9.33. The molecule has 0 aromatic heterocycles. The summed E-state index contributed by atoms with van der Waals surface area (Å²) in [5.41, 5.74) is 4.94. The lowest BCUT2D eigenvalue weighted by Gasteiger charge is -2.10. The maximum absolute atomic E-state index is 12.1.